The van der Waals surface area contributed by atoms with E-state index in [0.717, 1.165) is 29.3 Å². The van der Waals surface area contributed by atoms with Gasteiger partial charge in [-0.1, -0.05) is 84.9 Å². The molecular formula is C44H39F3N2O8S2. The number of hydrogen-bond donors (Lipinski definition) is 4. The Hall–Kier alpha value is -6.45. The van der Waals surface area contributed by atoms with Crippen LogP contribution in [0.1, 0.15) is 55.8 Å². The average molecular weight is 845 g/mol. The monoisotopic (exact) mass is 844 g/mol. The topological polar surface area (TPSA) is 167 Å². The lowest BCUT2D eigenvalue weighted by molar-refractivity contribution is 0.0684. The van der Waals surface area contributed by atoms with Crippen molar-refractivity contribution in [3.8, 4) is 0 Å². The molecule has 0 atom stereocenters. The van der Waals surface area contributed by atoms with Crippen molar-refractivity contribution in [2.75, 3.05) is 9.44 Å². The molecular weight excluding hydrogens is 806 g/mol. The summed E-state index contributed by atoms with van der Waals surface area (Å²) in [6.07, 6.45) is 3.24. The van der Waals surface area contributed by atoms with Gasteiger partial charge in [0, 0.05) is 6.07 Å². The molecule has 0 unspecified atom stereocenters. The Morgan fingerprint density at radius 2 is 0.831 bits per heavy atom. The van der Waals surface area contributed by atoms with Gasteiger partial charge in [0.15, 0.2) is 0 Å². The normalized spacial score (nSPS) is 11.2. The van der Waals surface area contributed by atoms with Gasteiger partial charge in [0.1, 0.15) is 27.2 Å². The summed E-state index contributed by atoms with van der Waals surface area (Å²) in [4.78, 5) is 21.6. The number of rotatable bonds is 16. The Kier molecular flexibility index (Phi) is 14.7. The van der Waals surface area contributed by atoms with Crippen LogP contribution in [0.4, 0.5) is 24.5 Å². The van der Waals surface area contributed by atoms with Crippen molar-refractivity contribution in [3.05, 3.63) is 190 Å². The van der Waals surface area contributed by atoms with Crippen LogP contribution in [0.15, 0.2) is 149 Å². The van der Waals surface area contributed by atoms with Gasteiger partial charge in [-0.3, -0.25) is 9.44 Å². The zero-order valence-corrected chi connectivity index (χ0v) is 32.9. The largest absolute Gasteiger partial charge is 0.478 e. The molecule has 6 aromatic carbocycles. The smallest absolute Gasteiger partial charge is 0.335 e. The highest BCUT2D eigenvalue weighted by Crippen LogP contribution is 2.26. The number of sulfonamides is 2. The van der Waals surface area contributed by atoms with E-state index in [1.165, 1.54) is 24.3 Å². The molecule has 0 saturated heterocycles. The minimum absolute atomic E-state index is 0.235. The van der Waals surface area contributed by atoms with Crippen LogP contribution < -0.4 is 9.44 Å². The number of para-hydroxylation sites is 2. The number of carboxylic acid groups (broad SMARTS) is 2. The second kappa shape index (κ2) is 19.8. The van der Waals surface area contributed by atoms with Gasteiger partial charge < -0.3 is 10.2 Å². The first kappa shape index (κ1) is 43.7. The molecule has 4 N–H and O–H groups in total. The first-order chi connectivity index (χ1) is 28.2. The fourth-order valence-electron chi connectivity index (χ4n) is 6.26. The second-order valence-electron chi connectivity index (χ2n) is 13.2. The molecule has 0 spiro atoms. The van der Waals surface area contributed by atoms with E-state index in [0.29, 0.717) is 61.4 Å². The maximum absolute atomic E-state index is 13.9. The number of halogens is 3. The van der Waals surface area contributed by atoms with Crippen LogP contribution in [-0.2, 0) is 45.7 Å². The van der Waals surface area contributed by atoms with Crippen LogP contribution in [0.2, 0.25) is 0 Å². The molecule has 306 valence electrons. The first-order valence-electron chi connectivity index (χ1n) is 18.2. The molecule has 0 aliphatic rings. The molecule has 0 fully saturated rings. The highest BCUT2D eigenvalue weighted by atomic mass is 32.2. The molecule has 0 heterocycles. The van der Waals surface area contributed by atoms with E-state index >= 15 is 0 Å². The summed E-state index contributed by atoms with van der Waals surface area (Å²) in [5, 5.41) is 18.5. The Bertz CT molecular complexity index is 2680. The molecule has 0 aliphatic carbocycles. The first-order valence-corrected chi connectivity index (χ1v) is 21.2. The Morgan fingerprint density at radius 1 is 0.458 bits per heavy atom. The fourth-order valence-corrected chi connectivity index (χ4v) is 8.61. The maximum atomic E-state index is 13.9. The predicted octanol–water partition coefficient (Wildman–Crippen LogP) is 9.14. The molecule has 0 radical (unpaired) electrons. The number of carbonyl (C=O) groups is 2. The van der Waals surface area contributed by atoms with Gasteiger partial charge in [0.25, 0.3) is 20.0 Å². The fraction of sp³-hybridized carbons (Fsp3) is 0.136. The van der Waals surface area contributed by atoms with Crippen molar-refractivity contribution < 1.29 is 49.8 Å². The van der Waals surface area contributed by atoms with Crippen LogP contribution in [0.25, 0.3) is 0 Å². The van der Waals surface area contributed by atoms with Gasteiger partial charge in [-0.15, -0.1) is 0 Å². The third-order valence-corrected chi connectivity index (χ3v) is 11.9. The number of benzene rings is 6. The number of hydrogen-bond acceptors (Lipinski definition) is 6. The Labute approximate surface area is 340 Å². The van der Waals surface area contributed by atoms with Gasteiger partial charge in [-0.2, -0.15) is 0 Å². The lowest BCUT2D eigenvalue weighted by atomic mass is 9.99. The lowest BCUT2D eigenvalue weighted by Crippen LogP contribution is -2.16. The van der Waals surface area contributed by atoms with Gasteiger partial charge >= 0.3 is 11.9 Å². The van der Waals surface area contributed by atoms with Crippen LogP contribution >= 0.6 is 0 Å². The van der Waals surface area contributed by atoms with Crippen LogP contribution in [-0.4, -0.2) is 39.0 Å². The summed E-state index contributed by atoms with van der Waals surface area (Å²) in [5.74, 6) is -4.83. The van der Waals surface area contributed by atoms with Crippen LogP contribution in [0.3, 0.4) is 0 Å². The van der Waals surface area contributed by atoms with Crippen molar-refractivity contribution in [1.29, 1.82) is 0 Å². The number of carboxylic acids is 2. The third-order valence-electron chi connectivity index (χ3n) is 9.11. The maximum Gasteiger partial charge on any atom is 0.335 e. The van der Waals surface area contributed by atoms with Crippen molar-refractivity contribution in [3.63, 3.8) is 0 Å². The summed E-state index contributed by atoms with van der Waals surface area (Å²) in [6.45, 7) is 0. The van der Waals surface area contributed by atoms with Crippen molar-refractivity contribution in [2.24, 2.45) is 0 Å². The van der Waals surface area contributed by atoms with E-state index in [2.05, 4.69) is 9.44 Å². The molecule has 0 aromatic heterocycles. The van der Waals surface area contributed by atoms with E-state index in [-0.39, 0.29) is 16.8 Å². The molecule has 0 saturated carbocycles. The lowest BCUT2D eigenvalue weighted by Gasteiger charge is -2.13. The van der Waals surface area contributed by atoms with Crippen molar-refractivity contribution in [2.45, 2.75) is 48.3 Å². The minimum atomic E-state index is -4.25. The van der Waals surface area contributed by atoms with E-state index in [4.69, 9.17) is 0 Å². The van der Waals surface area contributed by atoms with Gasteiger partial charge in [0.2, 0.25) is 0 Å². The van der Waals surface area contributed by atoms with Gasteiger partial charge in [0.05, 0.1) is 22.5 Å². The zero-order chi connectivity index (χ0) is 42.6. The number of aryl methyl sites for hydroxylation is 4. The van der Waals surface area contributed by atoms with E-state index in [1.54, 1.807) is 91.0 Å². The molecule has 6 rings (SSSR count). The third kappa shape index (κ3) is 11.8. The molecule has 59 heavy (non-hydrogen) atoms. The Morgan fingerprint density at radius 3 is 1.27 bits per heavy atom. The zero-order valence-electron chi connectivity index (χ0n) is 31.3. The van der Waals surface area contributed by atoms with E-state index < -0.39 is 59.2 Å². The highest BCUT2D eigenvalue weighted by Gasteiger charge is 2.22. The molecule has 0 amide bonds. The Balaban J connectivity index is 0.000000224. The number of anilines is 2. The summed E-state index contributed by atoms with van der Waals surface area (Å²) in [7, 11) is -8.31. The highest BCUT2D eigenvalue weighted by molar-refractivity contribution is 7.93. The molecule has 10 nitrogen and oxygen atoms in total. The summed E-state index contributed by atoms with van der Waals surface area (Å²) >= 11 is 0. The van der Waals surface area contributed by atoms with Crippen LogP contribution in [0, 0.1) is 17.5 Å². The standard InChI is InChI=1S/C22H19F2NO4S.C22H20FNO4S/c23-17-12-13-21(19(24)14-17)30(28,29)25-20-11-4-2-7-16(20)9-5-8-15-6-1-3-10-18(15)22(26)27;23-19-13-4-6-15-21(19)29(27,28)24-20-14-5-2-9-17(20)11-7-10-16-8-1-3-12-18(16)22(25)26/h1-4,6-7,10-14,25H,5,8-9H2,(H,26,27);1-6,8-9,12-15,24H,7,10-11H2,(H,25,26). The molecule has 0 bridgehead atoms. The van der Waals surface area contributed by atoms with E-state index in [1.807, 2.05) is 0 Å². The quantitative estimate of drug-likeness (QED) is 0.0749. The second-order valence-corrected chi connectivity index (χ2v) is 16.5. The van der Waals surface area contributed by atoms with Gasteiger partial charge in [-0.25, -0.2) is 39.6 Å². The predicted molar refractivity (Wildman–Crippen MR) is 218 cm³/mol. The molecule has 6 aromatic rings. The summed E-state index contributed by atoms with van der Waals surface area (Å²) < 4.78 is 96.0. The van der Waals surface area contributed by atoms with Crippen LogP contribution in [0.5, 0.6) is 0 Å². The summed E-state index contributed by atoms with van der Waals surface area (Å²) in [5.41, 5.74) is 4.01. The van der Waals surface area contributed by atoms with Crippen molar-refractivity contribution >= 4 is 43.4 Å². The van der Waals surface area contributed by atoms with Gasteiger partial charge in [-0.05, 0) is 109 Å². The SMILES string of the molecule is O=C(O)c1ccccc1CCCc1ccccc1NS(=O)(=O)c1ccc(F)cc1F.O=C(O)c1ccccc1CCCc1ccccc1NS(=O)(=O)c1ccccc1F. The summed E-state index contributed by atoms with van der Waals surface area (Å²) in [6, 6.07) is 34.6. The van der Waals surface area contributed by atoms with Crippen molar-refractivity contribution in [1.82, 2.24) is 0 Å². The molecule has 0 aliphatic heterocycles. The number of nitrogens with one attached hydrogen (secondary N) is 2. The van der Waals surface area contributed by atoms with E-state index in [9.17, 15) is 49.8 Å². The number of aromatic carboxylic acids is 2. The average Bonchev–Trinajstić information content (AvgIpc) is 3.19. The minimum Gasteiger partial charge on any atom is -0.478 e. The molecule has 15 heteroatoms.